The molecule has 3 heteroatoms. The van der Waals surface area contributed by atoms with E-state index in [1.807, 2.05) is 6.92 Å². The van der Waals surface area contributed by atoms with Crippen LogP contribution in [0.15, 0.2) is 0 Å². The molecule has 2 aliphatic heterocycles. The first-order valence-corrected chi connectivity index (χ1v) is 5.03. The van der Waals surface area contributed by atoms with Crippen LogP contribution in [0.4, 0.5) is 0 Å². The summed E-state index contributed by atoms with van der Waals surface area (Å²) in [6.07, 6.45) is 3.88. The van der Waals surface area contributed by atoms with E-state index in [-0.39, 0.29) is 5.92 Å². The van der Waals surface area contributed by atoms with E-state index in [2.05, 4.69) is 0 Å². The molecule has 4 atom stereocenters. The maximum Gasteiger partial charge on any atom is 0.169 e. The summed E-state index contributed by atoms with van der Waals surface area (Å²) in [5.41, 5.74) is -0.424. The van der Waals surface area contributed by atoms with E-state index < -0.39 is 5.60 Å². The van der Waals surface area contributed by atoms with Gasteiger partial charge in [-0.2, -0.15) is 0 Å². The topological polar surface area (TPSA) is 42.1 Å². The van der Waals surface area contributed by atoms with E-state index in [0.29, 0.717) is 24.6 Å². The molecule has 1 saturated carbocycles. The van der Waals surface area contributed by atoms with Crippen molar-refractivity contribution >= 4 is 5.78 Å². The van der Waals surface area contributed by atoms with Gasteiger partial charge in [0.1, 0.15) is 5.60 Å². The molecule has 13 heavy (non-hydrogen) atoms. The Morgan fingerprint density at radius 1 is 1.38 bits per heavy atom. The Labute approximate surface area is 77.4 Å². The lowest BCUT2D eigenvalue weighted by molar-refractivity contribution is -0.128. The van der Waals surface area contributed by atoms with Crippen LogP contribution in [0.5, 0.6) is 0 Å². The molecule has 0 aromatic carbocycles. The van der Waals surface area contributed by atoms with Crippen molar-refractivity contribution in [2.75, 3.05) is 6.61 Å². The van der Waals surface area contributed by atoms with Gasteiger partial charge in [0.05, 0.1) is 18.8 Å². The fourth-order valence-electron chi connectivity index (χ4n) is 2.32. The molecule has 3 fully saturated rings. The van der Waals surface area contributed by atoms with Crippen molar-refractivity contribution in [1.82, 2.24) is 0 Å². The Balaban J connectivity index is 1.67. The lowest BCUT2D eigenvalue weighted by atomic mass is 9.82. The van der Waals surface area contributed by atoms with Gasteiger partial charge >= 0.3 is 0 Å². The van der Waals surface area contributed by atoms with Crippen LogP contribution in [0.2, 0.25) is 0 Å². The highest BCUT2D eigenvalue weighted by molar-refractivity contribution is 5.91. The lowest BCUT2D eigenvalue weighted by Gasteiger charge is -2.19. The summed E-state index contributed by atoms with van der Waals surface area (Å²) < 4.78 is 10.6. The van der Waals surface area contributed by atoms with Crippen molar-refractivity contribution in [2.45, 2.75) is 44.0 Å². The molecule has 3 rings (SSSR count). The van der Waals surface area contributed by atoms with E-state index in [1.165, 1.54) is 0 Å². The van der Waals surface area contributed by atoms with Gasteiger partial charge in [0, 0.05) is 5.92 Å². The normalized spacial score (nSPS) is 52.5. The van der Waals surface area contributed by atoms with E-state index in [9.17, 15) is 4.79 Å². The molecule has 2 heterocycles. The van der Waals surface area contributed by atoms with Crippen molar-refractivity contribution in [2.24, 2.45) is 5.92 Å². The summed E-state index contributed by atoms with van der Waals surface area (Å²) in [6, 6.07) is 0. The molecule has 1 aliphatic carbocycles. The number of fused-ring (bicyclic) bond motifs is 1. The van der Waals surface area contributed by atoms with Gasteiger partial charge in [0.15, 0.2) is 5.78 Å². The second-order valence-electron chi connectivity index (χ2n) is 4.61. The van der Waals surface area contributed by atoms with Gasteiger partial charge in [-0.3, -0.25) is 4.79 Å². The summed E-state index contributed by atoms with van der Waals surface area (Å²) in [5.74, 6) is 0.512. The fraction of sp³-hybridized carbons (Fsp3) is 0.900. The quantitative estimate of drug-likeness (QED) is 0.596. The van der Waals surface area contributed by atoms with Crippen LogP contribution in [0, 0.1) is 5.92 Å². The van der Waals surface area contributed by atoms with E-state index in [1.54, 1.807) is 0 Å². The van der Waals surface area contributed by atoms with Crippen LogP contribution in [0.25, 0.3) is 0 Å². The van der Waals surface area contributed by atoms with E-state index in [4.69, 9.17) is 9.47 Å². The average Bonchev–Trinajstić information content (AvgIpc) is 2.98. The minimum absolute atomic E-state index is 0.205. The smallest absolute Gasteiger partial charge is 0.169 e. The second-order valence-corrected chi connectivity index (χ2v) is 4.61. The summed E-state index contributed by atoms with van der Waals surface area (Å²) in [7, 11) is 0. The van der Waals surface area contributed by atoms with Gasteiger partial charge in [-0.05, 0) is 26.2 Å². The zero-order valence-electron chi connectivity index (χ0n) is 7.79. The first-order chi connectivity index (χ1) is 6.19. The third-order valence-corrected chi connectivity index (χ3v) is 3.47. The largest absolute Gasteiger partial charge is 0.370 e. The molecular weight excluding hydrogens is 168 g/mol. The van der Waals surface area contributed by atoms with Crippen LogP contribution >= 0.6 is 0 Å². The number of hydrogen-bond acceptors (Lipinski definition) is 3. The number of Topliss-reactive ketones (excluding diaryl/α,β-unsaturated/α-hetero) is 1. The Kier molecular flexibility index (Phi) is 1.43. The van der Waals surface area contributed by atoms with Crippen LogP contribution in [-0.4, -0.2) is 30.2 Å². The molecule has 0 bridgehead atoms. The first-order valence-electron chi connectivity index (χ1n) is 5.03. The molecule has 3 nitrogen and oxygen atoms in total. The maximum absolute atomic E-state index is 11.9. The third kappa shape index (κ3) is 1.22. The molecule has 0 radical (unpaired) electrons. The molecule has 72 valence electrons. The molecule has 0 aromatic rings. The predicted octanol–water partition coefficient (Wildman–Crippen LogP) is 0.912. The lowest BCUT2D eigenvalue weighted by Crippen LogP contribution is -2.32. The average molecular weight is 182 g/mol. The highest BCUT2D eigenvalue weighted by Crippen LogP contribution is 2.43. The van der Waals surface area contributed by atoms with Crippen LogP contribution in [0.3, 0.4) is 0 Å². The second kappa shape index (κ2) is 2.34. The standard InChI is InChI=1S/C10H14O3/c1-10(5-12-10)9(11)6-2-3-7-8(4-6)13-7/h6-8H,2-5H2,1H3. The maximum atomic E-state index is 11.9. The number of ether oxygens (including phenoxy) is 2. The number of epoxide rings is 2. The molecule has 0 amide bonds. The molecule has 0 spiro atoms. The number of hydrogen-bond donors (Lipinski definition) is 0. The van der Waals surface area contributed by atoms with Crippen LogP contribution in [0.1, 0.15) is 26.2 Å². The summed E-state index contributed by atoms with van der Waals surface area (Å²) in [6.45, 7) is 2.52. The van der Waals surface area contributed by atoms with Crippen LogP contribution < -0.4 is 0 Å². The fourth-order valence-corrected chi connectivity index (χ4v) is 2.32. The van der Waals surface area contributed by atoms with Gasteiger partial charge in [0.25, 0.3) is 0 Å². The Morgan fingerprint density at radius 3 is 2.77 bits per heavy atom. The number of carbonyl (C=O) groups is 1. The number of carbonyl (C=O) groups excluding carboxylic acids is 1. The molecule has 2 saturated heterocycles. The van der Waals surface area contributed by atoms with Crippen LogP contribution in [-0.2, 0) is 14.3 Å². The first kappa shape index (κ1) is 7.94. The van der Waals surface area contributed by atoms with Gasteiger partial charge in [0.2, 0.25) is 0 Å². The Bertz CT molecular complexity index is 257. The van der Waals surface area contributed by atoms with Crippen molar-refractivity contribution in [3.05, 3.63) is 0 Å². The Hall–Kier alpha value is -0.410. The SMILES string of the molecule is CC1(C(=O)C2CCC3OC3C2)CO1. The van der Waals surface area contributed by atoms with Crippen molar-refractivity contribution < 1.29 is 14.3 Å². The molecule has 0 aromatic heterocycles. The third-order valence-electron chi connectivity index (χ3n) is 3.47. The van der Waals surface area contributed by atoms with Gasteiger partial charge in [-0.25, -0.2) is 0 Å². The van der Waals surface area contributed by atoms with Gasteiger partial charge in [-0.15, -0.1) is 0 Å². The van der Waals surface area contributed by atoms with Gasteiger partial charge < -0.3 is 9.47 Å². The van der Waals surface area contributed by atoms with Gasteiger partial charge in [-0.1, -0.05) is 0 Å². The Morgan fingerprint density at radius 2 is 2.15 bits per heavy atom. The molecule has 0 N–H and O–H groups in total. The molecule has 4 unspecified atom stereocenters. The number of rotatable bonds is 2. The van der Waals surface area contributed by atoms with Crippen molar-refractivity contribution in [3.8, 4) is 0 Å². The molecule has 3 aliphatic rings. The minimum atomic E-state index is -0.424. The summed E-state index contributed by atoms with van der Waals surface area (Å²) in [5, 5.41) is 0. The summed E-state index contributed by atoms with van der Waals surface area (Å²) in [4.78, 5) is 11.9. The zero-order valence-corrected chi connectivity index (χ0v) is 7.79. The predicted molar refractivity (Wildman–Crippen MR) is 45.4 cm³/mol. The summed E-state index contributed by atoms with van der Waals surface area (Å²) >= 11 is 0. The highest BCUT2D eigenvalue weighted by Gasteiger charge is 2.53. The van der Waals surface area contributed by atoms with E-state index in [0.717, 1.165) is 19.3 Å². The number of ketones is 1. The minimum Gasteiger partial charge on any atom is -0.370 e. The highest BCUT2D eigenvalue weighted by atomic mass is 16.6. The monoisotopic (exact) mass is 182 g/mol. The van der Waals surface area contributed by atoms with Crippen molar-refractivity contribution in [1.29, 1.82) is 0 Å². The molecular formula is C10H14O3. The zero-order chi connectivity index (χ0) is 9.05. The van der Waals surface area contributed by atoms with E-state index >= 15 is 0 Å². The van der Waals surface area contributed by atoms with Crippen molar-refractivity contribution in [3.63, 3.8) is 0 Å².